The molecule has 13 aromatic rings. The fourth-order valence-electron chi connectivity index (χ4n) is 12.4. The van der Waals surface area contributed by atoms with Crippen LogP contribution in [0.5, 0.6) is 11.5 Å². The molecule has 0 spiro atoms. The third-order valence-electron chi connectivity index (χ3n) is 16.3. The van der Waals surface area contributed by atoms with E-state index in [9.17, 15) is 20.2 Å². The molecule has 0 fully saturated rings. The molecule has 8 N–H and O–H groups in total. The number of nitrogens with zero attached hydrogens (tertiary/aromatic N) is 4. The van der Waals surface area contributed by atoms with Gasteiger partial charge in [0.05, 0.1) is 28.5 Å². The molecule has 0 saturated heterocycles. The van der Waals surface area contributed by atoms with Crippen molar-refractivity contribution < 1.29 is 25.1 Å². The average Bonchev–Trinajstić information content (AvgIpc) is 4.24. The van der Waals surface area contributed by atoms with Crippen LogP contribution in [-0.2, 0) is 17.7 Å². The second kappa shape index (κ2) is 20.0. The molecule has 15 heteroatoms. The number of phenols is 2. The summed E-state index contributed by atoms with van der Waals surface area (Å²) < 4.78 is 0. The van der Waals surface area contributed by atoms with Crippen LogP contribution in [0.3, 0.4) is 0 Å². The molecule has 1 aliphatic rings. The number of hydrogen-bond donors (Lipinski definition) is 7. The van der Waals surface area contributed by atoms with Gasteiger partial charge in [-0.25, -0.2) is 5.90 Å². The quantitative estimate of drug-likeness (QED) is 0.0465. The monoisotopic (exact) mass is 1110 g/mol. The lowest BCUT2D eigenvalue weighted by Gasteiger charge is -2.22. The lowest BCUT2D eigenvalue weighted by atomic mass is 9.82. The number of aryl methyl sites for hydroxylation is 2. The van der Waals surface area contributed by atoms with Gasteiger partial charge in [-0.05, 0) is 124 Å². The van der Waals surface area contributed by atoms with E-state index in [0.29, 0.717) is 83.6 Å². The molecule has 2 heterocycles. The first-order valence-corrected chi connectivity index (χ1v) is 27.6. The van der Waals surface area contributed by atoms with Gasteiger partial charge in [0, 0.05) is 86.4 Å². The smallest absolute Gasteiger partial charge is 0.194 e. The highest BCUT2D eigenvalue weighted by molar-refractivity contribution is 6.33. The lowest BCUT2D eigenvalue weighted by molar-refractivity contribution is 0.0791. The number of phenolic OH excluding ortho intramolecular Hbond substituents is 2. The summed E-state index contributed by atoms with van der Waals surface area (Å²) in [5.41, 5.74) is 13.7. The number of carbonyl (C=O) groups excluding carboxylic acids is 1. The third kappa shape index (κ3) is 8.04. The molecule has 1 aliphatic carbocycles. The third-order valence-corrected chi connectivity index (χ3v) is 16.7. The van der Waals surface area contributed by atoms with Crippen molar-refractivity contribution in [2.75, 3.05) is 0 Å². The molecule has 82 heavy (non-hydrogen) atoms. The largest absolute Gasteiger partial charge is 0.505 e. The Morgan fingerprint density at radius 1 is 0.524 bits per heavy atom. The van der Waals surface area contributed by atoms with Crippen LogP contribution in [0.15, 0.2) is 190 Å². The van der Waals surface area contributed by atoms with E-state index in [0.717, 1.165) is 82.2 Å². The molecule has 13 nitrogen and oxygen atoms in total. The Morgan fingerprint density at radius 3 is 1.74 bits per heavy atom. The minimum Gasteiger partial charge on any atom is -0.505 e. The summed E-state index contributed by atoms with van der Waals surface area (Å²) in [6.07, 6.45) is 0.568. The van der Waals surface area contributed by atoms with Crippen molar-refractivity contribution in [3.8, 4) is 22.6 Å². The van der Waals surface area contributed by atoms with Crippen LogP contribution in [0.2, 0.25) is 10.0 Å². The molecule has 0 saturated carbocycles. The molecule has 0 radical (unpaired) electrons. The second-order valence-electron chi connectivity index (χ2n) is 20.6. The van der Waals surface area contributed by atoms with Crippen molar-refractivity contribution in [2.45, 2.75) is 38.8 Å². The molecule has 2 unspecified atom stereocenters. The summed E-state index contributed by atoms with van der Waals surface area (Å²) in [4.78, 5) is 27.6. The van der Waals surface area contributed by atoms with E-state index in [1.807, 2.05) is 166 Å². The van der Waals surface area contributed by atoms with Crippen molar-refractivity contribution in [1.82, 2.24) is 15.4 Å². The summed E-state index contributed by atoms with van der Waals surface area (Å²) in [5, 5.41) is 64.0. The number of nitrogens with one attached hydrogen (secondary N) is 3. The van der Waals surface area contributed by atoms with Gasteiger partial charge in [-0.3, -0.25) is 9.63 Å². The molecule has 14 rings (SSSR count). The van der Waals surface area contributed by atoms with Crippen LogP contribution in [0.4, 0.5) is 22.7 Å². The Kier molecular flexibility index (Phi) is 12.4. The molecule has 400 valence electrons. The van der Waals surface area contributed by atoms with Crippen molar-refractivity contribution in [2.24, 2.45) is 26.4 Å². The predicted molar refractivity (Wildman–Crippen MR) is 327 cm³/mol. The van der Waals surface area contributed by atoms with Crippen LogP contribution in [-0.4, -0.2) is 31.2 Å². The number of halogens is 2. The van der Waals surface area contributed by atoms with Crippen LogP contribution in [0.25, 0.3) is 87.1 Å². The number of nitrogens with two attached hydrogens (primary N) is 1. The summed E-state index contributed by atoms with van der Waals surface area (Å²) in [6, 6.07) is 52.4. The standard InChI is InChI=1S/C67H48Cl2N8O5/c1-3-33-10-5-7-12-40(33)59(77-81)51-28-35-16-21-44-48-30-37(68)18-25-53(48)71-60(44)56(35)62(65(51)79)76-74-55-27-24-43-42-23-20-39(32-50(42)64(78)47-15-9-14-46(55)58(43)47)73-75-63-57-36(17-22-45-49-31-38(69)19-26-54(49)72-61(45)57)29-52(66(63)80)67(82-70)41-13-8-6-11-34(41)4-2/h5-32,59,67,71-72,77,79-81H,3-4,70H2,1-2H3. The number of carbonyl (C=O) groups is 1. The number of ketones is 1. The lowest BCUT2D eigenvalue weighted by Crippen LogP contribution is -2.20. The molecule has 2 aromatic heterocycles. The fourth-order valence-corrected chi connectivity index (χ4v) is 12.7. The number of aromatic amines is 2. The maximum absolute atomic E-state index is 14.9. The first kappa shape index (κ1) is 50.9. The van der Waals surface area contributed by atoms with Gasteiger partial charge in [0.25, 0.3) is 0 Å². The van der Waals surface area contributed by atoms with Gasteiger partial charge in [-0.2, -0.15) is 10.6 Å². The molecule has 0 aliphatic heterocycles. The first-order chi connectivity index (χ1) is 40.0. The molecule has 0 amide bonds. The number of hydrogen-bond acceptors (Lipinski definition) is 11. The average molecular weight is 1120 g/mol. The number of H-pyrrole nitrogens is 2. The van der Waals surface area contributed by atoms with E-state index in [4.69, 9.17) is 54.4 Å². The Balaban J connectivity index is 0.886. The van der Waals surface area contributed by atoms with Crippen LogP contribution in [0, 0.1) is 0 Å². The zero-order valence-electron chi connectivity index (χ0n) is 44.0. The molecule has 11 aromatic carbocycles. The minimum absolute atomic E-state index is 0.166. The predicted octanol–water partition coefficient (Wildman–Crippen LogP) is 18.3. The summed E-state index contributed by atoms with van der Waals surface area (Å²) >= 11 is 13.0. The van der Waals surface area contributed by atoms with Crippen molar-refractivity contribution >= 4 is 128 Å². The molecular weight excluding hydrogens is 1070 g/mol. The molecule has 0 bridgehead atoms. The van der Waals surface area contributed by atoms with Crippen LogP contribution in [0.1, 0.15) is 75.3 Å². The van der Waals surface area contributed by atoms with Crippen molar-refractivity contribution in [3.63, 3.8) is 0 Å². The van der Waals surface area contributed by atoms with E-state index in [2.05, 4.69) is 15.4 Å². The summed E-state index contributed by atoms with van der Waals surface area (Å²) in [6.45, 7) is 4.09. The van der Waals surface area contributed by atoms with E-state index >= 15 is 0 Å². The van der Waals surface area contributed by atoms with Gasteiger partial charge < -0.3 is 25.4 Å². The Labute approximate surface area is 477 Å². The van der Waals surface area contributed by atoms with Crippen molar-refractivity contribution in [1.29, 1.82) is 0 Å². The summed E-state index contributed by atoms with van der Waals surface area (Å²) in [7, 11) is 0. The van der Waals surface area contributed by atoms with Gasteiger partial charge in [0.1, 0.15) is 29.0 Å². The number of hydroxylamine groups is 1. The number of benzene rings is 11. The second-order valence-corrected chi connectivity index (χ2v) is 21.5. The zero-order chi connectivity index (χ0) is 56.1. The van der Waals surface area contributed by atoms with Gasteiger partial charge in [0.15, 0.2) is 5.78 Å². The zero-order valence-corrected chi connectivity index (χ0v) is 45.5. The fraction of sp³-hybridized carbons (Fsp3) is 0.0896. The normalized spacial score (nSPS) is 13.4. The van der Waals surface area contributed by atoms with E-state index in [1.165, 1.54) is 0 Å². The molecular formula is C67H48Cl2N8O5. The number of azo groups is 2. The SMILES string of the molecule is CCc1ccccc1C(NO)c1cc2ccc3c4cc(Cl)ccc4[nH]c3c2c(N=Nc2ccc3c4c(cccc24)C(=O)c2cc(N=Nc4c(O)c(C(ON)c5ccccc5CC)cc5ccc6c7cc(Cl)ccc7[nH]c6c45)ccc2-3)c1O. The van der Waals surface area contributed by atoms with Gasteiger partial charge in [0.2, 0.25) is 0 Å². The Bertz CT molecular complexity index is 4930. The highest BCUT2D eigenvalue weighted by Crippen LogP contribution is 2.51. The van der Waals surface area contributed by atoms with Crippen molar-refractivity contribution in [3.05, 3.63) is 224 Å². The highest BCUT2D eigenvalue weighted by atomic mass is 35.5. The van der Waals surface area contributed by atoms with E-state index < -0.39 is 12.1 Å². The minimum atomic E-state index is -0.843. The topological polar surface area (TPSA) is 206 Å². The van der Waals surface area contributed by atoms with Crippen LogP contribution >= 0.6 is 23.2 Å². The number of aromatic nitrogens is 2. The number of fused-ring (bicyclic) bond motifs is 12. The molecule has 2 atom stereocenters. The highest BCUT2D eigenvalue weighted by Gasteiger charge is 2.30. The Morgan fingerprint density at radius 2 is 1.11 bits per heavy atom. The number of rotatable bonds is 12. The maximum atomic E-state index is 14.9. The van der Waals surface area contributed by atoms with E-state index in [-0.39, 0.29) is 28.7 Å². The van der Waals surface area contributed by atoms with Gasteiger partial charge >= 0.3 is 0 Å². The van der Waals surface area contributed by atoms with E-state index in [1.54, 1.807) is 18.2 Å². The number of aromatic hydroxyl groups is 2. The van der Waals surface area contributed by atoms with Gasteiger partial charge in [-0.1, -0.05) is 140 Å². The van der Waals surface area contributed by atoms with Crippen LogP contribution < -0.4 is 11.4 Å². The first-order valence-electron chi connectivity index (χ1n) is 26.8. The van der Waals surface area contributed by atoms with Gasteiger partial charge in [-0.15, -0.1) is 15.3 Å². The Hall–Kier alpha value is -9.31. The maximum Gasteiger partial charge on any atom is 0.194 e. The summed E-state index contributed by atoms with van der Waals surface area (Å²) in [5.74, 6) is 5.52.